The van der Waals surface area contributed by atoms with E-state index >= 15 is 0 Å². The van der Waals surface area contributed by atoms with E-state index in [0.717, 1.165) is 17.7 Å². The Morgan fingerprint density at radius 3 is 2.56 bits per heavy atom. The number of aromatic nitrogens is 2. The number of halogens is 5. The van der Waals surface area contributed by atoms with Crippen LogP contribution in [0.3, 0.4) is 0 Å². The zero-order chi connectivity index (χ0) is 26.0. The molecule has 1 aromatic heterocycles. The van der Waals surface area contributed by atoms with Crippen molar-refractivity contribution < 1.29 is 27.1 Å². The number of fused-ring (bicyclic) bond motifs is 1. The van der Waals surface area contributed by atoms with Gasteiger partial charge in [0, 0.05) is 20.1 Å². The Morgan fingerprint density at radius 2 is 1.94 bits per heavy atom. The van der Waals surface area contributed by atoms with Crippen molar-refractivity contribution in [2.75, 3.05) is 20.7 Å². The van der Waals surface area contributed by atoms with Crippen LogP contribution in [0.4, 0.5) is 17.6 Å². The van der Waals surface area contributed by atoms with Crippen molar-refractivity contribution >= 4 is 17.5 Å². The number of rotatable bonds is 7. The van der Waals surface area contributed by atoms with Gasteiger partial charge in [0.15, 0.2) is 5.15 Å². The van der Waals surface area contributed by atoms with E-state index < -0.39 is 29.6 Å². The number of nitrogens with one attached hydrogen (secondary N) is 1. The average molecular weight is 525 g/mol. The van der Waals surface area contributed by atoms with Gasteiger partial charge in [0.2, 0.25) is 5.91 Å². The second kappa shape index (κ2) is 10.5. The fraction of sp³-hybridized carbons (Fsp3) is 0.360. The first-order valence-corrected chi connectivity index (χ1v) is 11.7. The highest BCUT2D eigenvalue weighted by molar-refractivity contribution is 6.30. The topological polar surface area (TPSA) is 59.4 Å². The predicted molar refractivity (Wildman–Crippen MR) is 126 cm³/mol. The lowest BCUT2D eigenvalue weighted by atomic mass is 9.95. The Bertz CT molecular complexity index is 1230. The van der Waals surface area contributed by atoms with Gasteiger partial charge in [-0.1, -0.05) is 48.0 Å². The molecule has 0 fully saturated rings. The number of amides is 1. The van der Waals surface area contributed by atoms with Gasteiger partial charge in [0.05, 0.1) is 24.4 Å². The van der Waals surface area contributed by atoms with Gasteiger partial charge in [-0.3, -0.25) is 14.3 Å². The Morgan fingerprint density at radius 1 is 1.22 bits per heavy atom. The van der Waals surface area contributed by atoms with E-state index in [2.05, 4.69) is 10.3 Å². The second-order valence-electron chi connectivity index (χ2n) is 8.45. The number of benzene rings is 2. The van der Waals surface area contributed by atoms with E-state index in [4.69, 9.17) is 16.3 Å². The summed E-state index contributed by atoms with van der Waals surface area (Å²) in [6, 6.07) is 10.9. The van der Waals surface area contributed by atoms with Gasteiger partial charge in [-0.15, -0.1) is 0 Å². The van der Waals surface area contributed by atoms with Crippen LogP contribution in [0.25, 0.3) is 0 Å². The highest BCUT2D eigenvalue weighted by atomic mass is 35.5. The lowest BCUT2D eigenvalue weighted by Crippen LogP contribution is -2.46. The van der Waals surface area contributed by atoms with Crippen LogP contribution in [-0.2, 0) is 23.9 Å². The Labute approximate surface area is 210 Å². The minimum Gasteiger partial charge on any atom is -0.468 e. The number of likely N-dealkylation sites (N-methyl/N-ethyl adjacent to an activating group) is 1. The fourth-order valence-electron chi connectivity index (χ4n) is 4.73. The van der Waals surface area contributed by atoms with Crippen LogP contribution in [0.15, 0.2) is 48.5 Å². The first kappa shape index (κ1) is 26.0. The molecular formula is C25H25ClF4N4O2. The molecular weight excluding hydrogens is 500 g/mol. The van der Waals surface area contributed by atoms with Gasteiger partial charge < -0.3 is 10.1 Å². The summed E-state index contributed by atoms with van der Waals surface area (Å²) in [5.74, 6) is -1.17. The molecule has 4 rings (SSSR count). The maximum absolute atomic E-state index is 14.6. The summed E-state index contributed by atoms with van der Waals surface area (Å²) < 4.78 is 60.8. The molecule has 2 heterocycles. The summed E-state index contributed by atoms with van der Waals surface area (Å²) in [6.07, 6.45) is -4.24. The average Bonchev–Trinajstić information content (AvgIpc) is 3.19. The molecule has 1 N–H and O–H groups in total. The number of carbonyl (C=O) groups is 1. The Balaban J connectivity index is 1.73. The van der Waals surface area contributed by atoms with Crippen LogP contribution in [0, 0.1) is 5.82 Å². The minimum absolute atomic E-state index is 0.115. The summed E-state index contributed by atoms with van der Waals surface area (Å²) >= 11 is 6.51. The maximum Gasteiger partial charge on any atom is 0.416 e. The second-order valence-corrected chi connectivity index (χ2v) is 8.81. The van der Waals surface area contributed by atoms with Crippen molar-refractivity contribution in [3.8, 4) is 6.01 Å². The number of methoxy groups -OCH3 is 1. The summed E-state index contributed by atoms with van der Waals surface area (Å²) in [4.78, 5) is 19.3. The summed E-state index contributed by atoms with van der Waals surface area (Å²) in [5, 5.41) is 2.91. The summed E-state index contributed by atoms with van der Waals surface area (Å²) in [6.45, 7) is 0.882. The number of hydrogen-bond acceptors (Lipinski definition) is 4. The fourth-order valence-corrected chi connectivity index (χ4v) is 5.03. The molecule has 0 saturated carbocycles. The van der Waals surface area contributed by atoms with E-state index in [0.29, 0.717) is 30.9 Å². The first-order valence-electron chi connectivity index (χ1n) is 11.3. The zero-order valence-corrected chi connectivity index (χ0v) is 20.4. The molecule has 1 amide bonds. The molecule has 0 radical (unpaired) electrons. The van der Waals surface area contributed by atoms with Crippen LogP contribution in [0.1, 0.15) is 40.9 Å². The monoisotopic (exact) mass is 524 g/mol. The van der Waals surface area contributed by atoms with Crippen LogP contribution < -0.4 is 10.1 Å². The third-order valence-corrected chi connectivity index (χ3v) is 6.69. The van der Waals surface area contributed by atoms with E-state index in [1.165, 1.54) is 7.11 Å². The molecule has 192 valence electrons. The van der Waals surface area contributed by atoms with Crippen LogP contribution in [-0.4, -0.2) is 41.1 Å². The number of carbonyl (C=O) groups excluding carboxylic acids is 1. The third-order valence-electron chi connectivity index (χ3n) is 6.42. The molecule has 1 aliphatic heterocycles. The largest absolute Gasteiger partial charge is 0.468 e. The van der Waals surface area contributed by atoms with E-state index in [9.17, 15) is 22.4 Å². The summed E-state index contributed by atoms with van der Waals surface area (Å²) in [7, 11) is 3.03. The number of alkyl halides is 3. The van der Waals surface area contributed by atoms with Crippen molar-refractivity contribution in [3.05, 3.63) is 81.9 Å². The van der Waals surface area contributed by atoms with E-state index in [1.54, 1.807) is 7.05 Å². The molecule has 0 saturated heterocycles. The normalized spacial score (nSPS) is 16.9. The van der Waals surface area contributed by atoms with E-state index in [-0.39, 0.29) is 29.5 Å². The molecule has 0 bridgehead atoms. The molecule has 0 unspecified atom stereocenters. The van der Waals surface area contributed by atoms with Gasteiger partial charge in [-0.2, -0.15) is 18.2 Å². The molecule has 2 aromatic carbocycles. The number of nitrogens with zero attached hydrogens (tertiary/aromatic N) is 3. The minimum atomic E-state index is -4.63. The van der Waals surface area contributed by atoms with Crippen LogP contribution >= 0.6 is 11.6 Å². The molecule has 36 heavy (non-hydrogen) atoms. The van der Waals surface area contributed by atoms with Gasteiger partial charge in [0.25, 0.3) is 6.01 Å². The highest BCUT2D eigenvalue weighted by Gasteiger charge is 2.40. The van der Waals surface area contributed by atoms with Crippen molar-refractivity contribution in [2.24, 2.45) is 0 Å². The quantitative estimate of drug-likeness (QED) is 0.433. The summed E-state index contributed by atoms with van der Waals surface area (Å²) in [5.41, 5.74) is 0.465. The Hall–Kier alpha value is -3.11. The van der Waals surface area contributed by atoms with Gasteiger partial charge in [-0.25, -0.2) is 4.39 Å². The van der Waals surface area contributed by atoms with E-state index in [1.807, 2.05) is 39.8 Å². The van der Waals surface area contributed by atoms with Crippen molar-refractivity contribution in [2.45, 2.75) is 37.6 Å². The lowest BCUT2D eigenvalue weighted by molar-refractivity contribution is -0.137. The molecule has 11 heteroatoms. The molecule has 0 aliphatic carbocycles. The first-order chi connectivity index (χ1) is 17.2. The SMILES string of the molecule is CNC(=O)[C@@H](c1ccccc1)N1CCn2c(OC)nc(Cl)c2[C@H]1CCc1ccc(C(F)(F)F)cc1F. The third kappa shape index (κ3) is 5.05. The number of imidazole rings is 1. The number of aryl methyl sites for hydroxylation is 1. The highest BCUT2D eigenvalue weighted by Crippen LogP contribution is 2.42. The van der Waals surface area contributed by atoms with Gasteiger partial charge in [0.1, 0.15) is 11.9 Å². The van der Waals surface area contributed by atoms with Crippen LogP contribution in [0.2, 0.25) is 5.15 Å². The molecule has 1 aliphatic rings. The van der Waals surface area contributed by atoms with Gasteiger partial charge >= 0.3 is 6.18 Å². The van der Waals surface area contributed by atoms with Crippen molar-refractivity contribution in [3.63, 3.8) is 0 Å². The van der Waals surface area contributed by atoms with Gasteiger partial charge in [-0.05, 0) is 36.1 Å². The maximum atomic E-state index is 14.6. The molecule has 2 atom stereocenters. The smallest absolute Gasteiger partial charge is 0.416 e. The number of hydrogen-bond donors (Lipinski definition) is 1. The zero-order valence-electron chi connectivity index (χ0n) is 19.6. The van der Waals surface area contributed by atoms with Crippen LogP contribution in [0.5, 0.6) is 6.01 Å². The molecule has 0 spiro atoms. The number of ether oxygens (including phenoxy) is 1. The Kier molecular flexibility index (Phi) is 7.56. The van der Waals surface area contributed by atoms with Crippen molar-refractivity contribution in [1.82, 2.24) is 19.8 Å². The standard InChI is InChI=1S/C25H25ClF4N4O2/c1-31-23(35)20(16-6-4-3-5-7-16)33-12-13-34-21(22(26)32-24(34)36-2)19(33)11-9-15-8-10-17(14-18(15)27)25(28,29)30/h3-8,10,14,19-20H,9,11-13H2,1-2H3,(H,31,35)/t19-,20-/m1/s1. The lowest BCUT2D eigenvalue weighted by Gasteiger charge is -2.41. The predicted octanol–water partition coefficient (Wildman–Crippen LogP) is 5.18. The molecule has 6 nitrogen and oxygen atoms in total. The van der Waals surface area contributed by atoms with Crippen molar-refractivity contribution in [1.29, 1.82) is 0 Å². The molecule has 3 aromatic rings.